The molecule has 8 nitrogen and oxygen atoms in total. The van der Waals surface area contributed by atoms with Crippen LogP contribution in [-0.4, -0.2) is 36.7 Å². The van der Waals surface area contributed by atoms with Gasteiger partial charge in [-0.25, -0.2) is 9.59 Å². The summed E-state index contributed by atoms with van der Waals surface area (Å²) in [5.74, 6) is -0.279. The molecular formula is C16H24N4O4. The largest absolute Gasteiger partial charge is 0.453 e. The fraction of sp³-hybridized carbons (Fsp3) is 0.438. The molecule has 0 heterocycles. The van der Waals surface area contributed by atoms with Crippen LogP contribution in [0.15, 0.2) is 24.3 Å². The van der Waals surface area contributed by atoms with Gasteiger partial charge in [-0.15, -0.1) is 0 Å². The van der Waals surface area contributed by atoms with Crippen molar-refractivity contribution in [2.45, 2.75) is 39.3 Å². The fourth-order valence-corrected chi connectivity index (χ4v) is 1.75. The van der Waals surface area contributed by atoms with Gasteiger partial charge in [0.25, 0.3) is 0 Å². The van der Waals surface area contributed by atoms with Gasteiger partial charge in [0.2, 0.25) is 5.91 Å². The van der Waals surface area contributed by atoms with Gasteiger partial charge in [-0.05, 0) is 45.9 Å². The summed E-state index contributed by atoms with van der Waals surface area (Å²) in [7, 11) is 1.26. The van der Waals surface area contributed by atoms with Crippen LogP contribution in [0.2, 0.25) is 0 Å². The molecule has 1 aromatic rings. The molecule has 1 atom stereocenters. The first-order valence-corrected chi connectivity index (χ1v) is 7.45. The summed E-state index contributed by atoms with van der Waals surface area (Å²) in [6.07, 6.45) is -0.607. The molecule has 8 heteroatoms. The summed E-state index contributed by atoms with van der Waals surface area (Å²) in [6, 6.07) is 5.32. The molecule has 0 spiro atoms. The van der Waals surface area contributed by atoms with E-state index in [9.17, 15) is 14.4 Å². The molecule has 0 fully saturated rings. The Morgan fingerprint density at radius 2 is 1.67 bits per heavy atom. The topological polar surface area (TPSA) is 109 Å². The third-order valence-corrected chi connectivity index (χ3v) is 2.79. The average molecular weight is 336 g/mol. The minimum absolute atomic E-state index is 0.279. The van der Waals surface area contributed by atoms with Crippen molar-refractivity contribution in [2.24, 2.45) is 0 Å². The maximum absolute atomic E-state index is 12.0. The van der Waals surface area contributed by atoms with Crippen LogP contribution in [0.3, 0.4) is 0 Å². The molecule has 0 aliphatic heterocycles. The maximum Gasteiger partial charge on any atom is 0.411 e. The lowest BCUT2D eigenvalue weighted by Crippen LogP contribution is -2.51. The van der Waals surface area contributed by atoms with Crippen LogP contribution in [0.25, 0.3) is 0 Å². The van der Waals surface area contributed by atoms with Gasteiger partial charge < -0.3 is 20.7 Å². The number of carbonyl (C=O) groups excluding carboxylic acids is 3. The Morgan fingerprint density at radius 3 is 2.21 bits per heavy atom. The van der Waals surface area contributed by atoms with E-state index in [1.807, 2.05) is 20.8 Å². The summed E-state index contributed by atoms with van der Waals surface area (Å²) in [6.45, 7) is 7.17. The number of ether oxygens (including phenoxy) is 1. The van der Waals surface area contributed by atoms with Crippen molar-refractivity contribution in [1.29, 1.82) is 0 Å². The average Bonchev–Trinajstić information content (AvgIpc) is 2.45. The molecule has 0 aromatic heterocycles. The highest BCUT2D eigenvalue weighted by Gasteiger charge is 2.20. The van der Waals surface area contributed by atoms with Crippen LogP contribution in [0.4, 0.5) is 21.0 Å². The number of urea groups is 1. The highest BCUT2D eigenvalue weighted by molar-refractivity contribution is 5.94. The Balaban J connectivity index is 2.60. The number of amides is 4. The van der Waals surface area contributed by atoms with Gasteiger partial charge in [0.1, 0.15) is 6.04 Å². The van der Waals surface area contributed by atoms with E-state index in [1.54, 1.807) is 31.2 Å². The first-order valence-electron chi connectivity index (χ1n) is 7.45. The van der Waals surface area contributed by atoms with Gasteiger partial charge in [-0.1, -0.05) is 6.07 Å². The third-order valence-electron chi connectivity index (χ3n) is 2.79. The van der Waals surface area contributed by atoms with Crippen molar-refractivity contribution in [3.63, 3.8) is 0 Å². The van der Waals surface area contributed by atoms with Crippen molar-refractivity contribution >= 4 is 29.4 Å². The lowest BCUT2D eigenvalue weighted by molar-refractivity contribution is -0.123. The van der Waals surface area contributed by atoms with E-state index < -0.39 is 18.2 Å². The molecule has 0 aliphatic carbocycles. The number of nitrogens with one attached hydrogen (secondary N) is 4. The molecule has 0 radical (unpaired) electrons. The third kappa shape index (κ3) is 6.99. The van der Waals surface area contributed by atoms with E-state index in [0.29, 0.717) is 11.4 Å². The van der Waals surface area contributed by atoms with Gasteiger partial charge in [0.05, 0.1) is 7.11 Å². The van der Waals surface area contributed by atoms with Crippen molar-refractivity contribution in [3.8, 4) is 0 Å². The monoisotopic (exact) mass is 336 g/mol. The summed E-state index contributed by atoms with van der Waals surface area (Å²) in [5, 5.41) is 10.4. The number of hydrogen-bond donors (Lipinski definition) is 4. The molecule has 1 rings (SSSR count). The van der Waals surface area contributed by atoms with E-state index in [1.165, 1.54) is 7.11 Å². The predicted molar refractivity (Wildman–Crippen MR) is 92.0 cm³/mol. The van der Waals surface area contributed by atoms with E-state index in [-0.39, 0.29) is 11.4 Å². The summed E-state index contributed by atoms with van der Waals surface area (Å²) in [4.78, 5) is 35.1. The number of benzene rings is 1. The van der Waals surface area contributed by atoms with E-state index >= 15 is 0 Å². The summed E-state index contributed by atoms with van der Waals surface area (Å²) < 4.78 is 4.50. The van der Waals surface area contributed by atoms with Gasteiger partial charge in [0, 0.05) is 16.9 Å². The van der Waals surface area contributed by atoms with E-state index in [4.69, 9.17) is 0 Å². The number of methoxy groups -OCH3 is 1. The minimum Gasteiger partial charge on any atom is -0.453 e. The first-order chi connectivity index (χ1) is 11.1. The number of anilines is 2. The molecule has 1 aromatic carbocycles. The van der Waals surface area contributed by atoms with Crippen molar-refractivity contribution < 1.29 is 19.1 Å². The Hall–Kier alpha value is -2.77. The van der Waals surface area contributed by atoms with Crippen molar-refractivity contribution in [1.82, 2.24) is 10.6 Å². The number of rotatable bonds is 4. The second-order valence-corrected chi connectivity index (χ2v) is 6.26. The van der Waals surface area contributed by atoms with Crippen molar-refractivity contribution in [2.75, 3.05) is 17.7 Å². The smallest absolute Gasteiger partial charge is 0.411 e. The quantitative estimate of drug-likeness (QED) is 0.676. The van der Waals surface area contributed by atoms with Crippen LogP contribution < -0.4 is 21.3 Å². The Labute approximate surface area is 141 Å². The highest BCUT2D eigenvalue weighted by Crippen LogP contribution is 2.15. The Kier molecular flexibility index (Phi) is 6.58. The number of carbonyl (C=O) groups is 3. The van der Waals surface area contributed by atoms with Crippen LogP contribution in [-0.2, 0) is 9.53 Å². The second kappa shape index (κ2) is 8.19. The zero-order valence-corrected chi connectivity index (χ0v) is 14.5. The van der Waals surface area contributed by atoms with Crippen LogP contribution in [0, 0.1) is 0 Å². The Bertz CT molecular complexity index is 610. The van der Waals surface area contributed by atoms with Crippen LogP contribution >= 0.6 is 0 Å². The molecule has 0 unspecified atom stereocenters. The van der Waals surface area contributed by atoms with E-state index in [0.717, 1.165) is 0 Å². The van der Waals surface area contributed by atoms with Gasteiger partial charge >= 0.3 is 12.1 Å². The predicted octanol–water partition coefficient (Wildman–Crippen LogP) is 2.29. The SMILES string of the molecule is COC(=O)Nc1cccc(NC(=O)N[C@H](C)C(=O)NC(C)(C)C)c1. The fourth-order valence-electron chi connectivity index (χ4n) is 1.75. The van der Waals surface area contributed by atoms with Gasteiger partial charge in [-0.3, -0.25) is 10.1 Å². The standard InChI is InChI=1S/C16H24N4O4/c1-10(13(21)20-16(2,3)4)17-14(22)18-11-7-6-8-12(9-11)19-15(23)24-5/h6-10H,1-5H3,(H,19,23)(H,20,21)(H2,17,18,22)/t10-/m1/s1. The molecule has 0 aliphatic rings. The molecule has 4 amide bonds. The van der Waals surface area contributed by atoms with Gasteiger partial charge in [0.15, 0.2) is 0 Å². The molecular weight excluding hydrogens is 312 g/mol. The lowest BCUT2D eigenvalue weighted by atomic mass is 10.1. The molecule has 4 N–H and O–H groups in total. The highest BCUT2D eigenvalue weighted by atomic mass is 16.5. The second-order valence-electron chi connectivity index (χ2n) is 6.26. The van der Waals surface area contributed by atoms with Crippen molar-refractivity contribution in [3.05, 3.63) is 24.3 Å². The molecule has 0 saturated heterocycles. The number of hydrogen-bond acceptors (Lipinski definition) is 4. The zero-order valence-electron chi connectivity index (χ0n) is 14.5. The molecule has 0 saturated carbocycles. The van der Waals surface area contributed by atoms with Crippen LogP contribution in [0.1, 0.15) is 27.7 Å². The lowest BCUT2D eigenvalue weighted by Gasteiger charge is -2.23. The van der Waals surface area contributed by atoms with Gasteiger partial charge in [-0.2, -0.15) is 0 Å². The maximum atomic E-state index is 12.0. The van der Waals surface area contributed by atoms with Crippen LogP contribution in [0.5, 0.6) is 0 Å². The Morgan fingerprint density at radius 1 is 1.08 bits per heavy atom. The zero-order chi connectivity index (χ0) is 18.3. The molecule has 0 bridgehead atoms. The molecule has 24 heavy (non-hydrogen) atoms. The molecule has 132 valence electrons. The van der Waals surface area contributed by atoms with E-state index in [2.05, 4.69) is 26.0 Å². The first kappa shape index (κ1) is 19.3. The minimum atomic E-state index is -0.694. The summed E-state index contributed by atoms with van der Waals surface area (Å²) >= 11 is 0. The summed E-state index contributed by atoms with van der Waals surface area (Å²) in [5.41, 5.74) is 0.556. The normalized spacial score (nSPS) is 11.9.